The first-order valence-corrected chi connectivity index (χ1v) is 11.8. The molecule has 0 saturated carbocycles. The SMILES string of the molecule is CCOc1ccccc1N1CCN([C@@H](C)C(=O)N(C)[C@@H]2CCS(=O)(=O)C2)CC1. The number of hydrogen-bond donors (Lipinski definition) is 0. The summed E-state index contributed by atoms with van der Waals surface area (Å²) in [6.07, 6.45) is 0.541. The number of anilines is 1. The lowest BCUT2D eigenvalue weighted by Gasteiger charge is -2.40. The number of sulfone groups is 1. The van der Waals surface area contributed by atoms with Crippen LogP contribution in [-0.2, 0) is 14.6 Å². The Kier molecular flexibility index (Phi) is 6.50. The van der Waals surface area contributed by atoms with Crippen LogP contribution >= 0.6 is 0 Å². The number of likely N-dealkylation sites (N-methyl/N-ethyl adjacent to an activating group) is 1. The van der Waals surface area contributed by atoms with Gasteiger partial charge in [0.1, 0.15) is 5.75 Å². The Morgan fingerprint density at radius 3 is 2.54 bits per heavy atom. The van der Waals surface area contributed by atoms with Crippen molar-refractivity contribution >= 4 is 21.4 Å². The van der Waals surface area contributed by atoms with Crippen LogP contribution in [0.5, 0.6) is 5.75 Å². The van der Waals surface area contributed by atoms with Gasteiger partial charge in [-0.2, -0.15) is 0 Å². The van der Waals surface area contributed by atoms with Crippen molar-refractivity contribution < 1.29 is 17.9 Å². The fourth-order valence-corrected chi connectivity index (χ4v) is 5.83. The van der Waals surface area contributed by atoms with Gasteiger partial charge in [0, 0.05) is 39.3 Å². The lowest BCUT2D eigenvalue weighted by Crippen LogP contribution is -2.55. The van der Waals surface area contributed by atoms with Crippen LogP contribution in [0.1, 0.15) is 20.3 Å². The van der Waals surface area contributed by atoms with E-state index in [0.717, 1.165) is 37.6 Å². The number of nitrogens with zero attached hydrogens (tertiary/aromatic N) is 3. The zero-order chi connectivity index (χ0) is 20.3. The molecule has 156 valence electrons. The molecule has 0 bridgehead atoms. The van der Waals surface area contributed by atoms with Gasteiger partial charge in [0.05, 0.1) is 29.8 Å². The minimum absolute atomic E-state index is 0.00488. The van der Waals surface area contributed by atoms with Crippen molar-refractivity contribution in [2.45, 2.75) is 32.4 Å². The van der Waals surface area contributed by atoms with E-state index in [1.54, 1.807) is 11.9 Å². The molecule has 1 aromatic rings. The topological polar surface area (TPSA) is 70.2 Å². The highest BCUT2D eigenvalue weighted by Crippen LogP contribution is 2.29. The fourth-order valence-electron chi connectivity index (χ4n) is 4.06. The first-order chi connectivity index (χ1) is 13.3. The van der Waals surface area contributed by atoms with Crippen LogP contribution in [0.15, 0.2) is 24.3 Å². The maximum atomic E-state index is 12.9. The van der Waals surface area contributed by atoms with E-state index in [4.69, 9.17) is 4.74 Å². The van der Waals surface area contributed by atoms with Gasteiger partial charge in [0.2, 0.25) is 5.91 Å². The number of ether oxygens (including phenoxy) is 1. The van der Waals surface area contributed by atoms with Crippen molar-refractivity contribution in [1.29, 1.82) is 0 Å². The molecule has 2 aliphatic rings. The molecule has 3 rings (SSSR count). The number of carbonyl (C=O) groups excluding carboxylic acids is 1. The van der Waals surface area contributed by atoms with E-state index in [1.165, 1.54) is 0 Å². The Morgan fingerprint density at radius 1 is 1.25 bits per heavy atom. The summed E-state index contributed by atoms with van der Waals surface area (Å²) in [6.45, 7) is 7.74. The molecular weight excluding hydrogens is 378 g/mol. The molecule has 0 unspecified atom stereocenters. The van der Waals surface area contributed by atoms with Gasteiger partial charge in [0.25, 0.3) is 0 Å². The third-order valence-corrected chi connectivity index (χ3v) is 7.58. The third kappa shape index (κ3) is 4.60. The number of benzene rings is 1. The molecule has 2 saturated heterocycles. The van der Waals surface area contributed by atoms with Gasteiger partial charge in [-0.05, 0) is 32.4 Å². The summed E-state index contributed by atoms with van der Waals surface area (Å²) in [5, 5.41) is 0. The Hall–Kier alpha value is -1.80. The van der Waals surface area contributed by atoms with Crippen LogP contribution in [0.25, 0.3) is 0 Å². The molecule has 0 spiro atoms. The first-order valence-electron chi connectivity index (χ1n) is 10.0. The summed E-state index contributed by atoms with van der Waals surface area (Å²) in [5.74, 6) is 1.17. The number of hydrogen-bond acceptors (Lipinski definition) is 6. The summed E-state index contributed by atoms with van der Waals surface area (Å²) in [4.78, 5) is 19.0. The van der Waals surface area contributed by atoms with Crippen LogP contribution in [0, 0.1) is 0 Å². The van der Waals surface area contributed by atoms with Gasteiger partial charge in [-0.25, -0.2) is 8.42 Å². The monoisotopic (exact) mass is 409 g/mol. The maximum Gasteiger partial charge on any atom is 0.239 e. The molecule has 2 atom stereocenters. The standard InChI is InChI=1S/C20H31N3O4S/c1-4-27-19-8-6-5-7-18(19)23-12-10-22(11-13-23)16(2)20(24)21(3)17-9-14-28(25,26)15-17/h5-8,16-17H,4,9-15H2,1-3H3/t16-,17+/m0/s1. The van der Waals surface area contributed by atoms with E-state index in [-0.39, 0.29) is 29.5 Å². The Morgan fingerprint density at radius 2 is 1.93 bits per heavy atom. The highest BCUT2D eigenvalue weighted by atomic mass is 32.2. The van der Waals surface area contributed by atoms with Crippen molar-refractivity contribution in [1.82, 2.24) is 9.80 Å². The van der Waals surface area contributed by atoms with E-state index in [1.807, 2.05) is 32.0 Å². The summed E-state index contributed by atoms with van der Waals surface area (Å²) in [5.41, 5.74) is 1.09. The quantitative estimate of drug-likeness (QED) is 0.704. The van der Waals surface area contributed by atoms with Crippen molar-refractivity contribution in [3.8, 4) is 5.75 Å². The van der Waals surface area contributed by atoms with Crippen LogP contribution in [0.3, 0.4) is 0 Å². The summed E-state index contributed by atoms with van der Waals surface area (Å²) >= 11 is 0. The zero-order valence-corrected chi connectivity index (χ0v) is 17.8. The Bertz CT molecular complexity index is 790. The van der Waals surface area contributed by atoms with E-state index in [2.05, 4.69) is 15.9 Å². The summed E-state index contributed by atoms with van der Waals surface area (Å²) < 4.78 is 29.2. The Labute approximate surface area is 168 Å². The van der Waals surface area contributed by atoms with Crippen LogP contribution in [-0.4, -0.2) is 87.5 Å². The van der Waals surface area contributed by atoms with Crippen molar-refractivity contribution in [3.05, 3.63) is 24.3 Å². The molecule has 28 heavy (non-hydrogen) atoms. The molecule has 1 amide bonds. The molecule has 2 fully saturated rings. The molecule has 0 aliphatic carbocycles. The van der Waals surface area contributed by atoms with Crippen LogP contribution < -0.4 is 9.64 Å². The lowest BCUT2D eigenvalue weighted by molar-refractivity contribution is -0.136. The van der Waals surface area contributed by atoms with Gasteiger partial charge < -0.3 is 14.5 Å². The normalized spacial score (nSPS) is 23.4. The summed E-state index contributed by atoms with van der Waals surface area (Å²) in [7, 11) is -1.26. The molecule has 1 aromatic carbocycles. The minimum atomic E-state index is -3.00. The van der Waals surface area contributed by atoms with Crippen LogP contribution in [0.4, 0.5) is 5.69 Å². The molecular formula is C20H31N3O4S. The third-order valence-electron chi connectivity index (χ3n) is 5.83. The van der Waals surface area contributed by atoms with Gasteiger partial charge in [-0.1, -0.05) is 12.1 Å². The fraction of sp³-hybridized carbons (Fsp3) is 0.650. The first kappa shape index (κ1) is 20.9. The second-order valence-electron chi connectivity index (χ2n) is 7.61. The number of para-hydroxylation sites is 2. The smallest absolute Gasteiger partial charge is 0.239 e. The average molecular weight is 410 g/mol. The van der Waals surface area contributed by atoms with Crippen LogP contribution in [0.2, 0.25) is 0 Å². The second kappa shape index (κ2) is 8.69. The molecule has 7 nitrogen and oxygen atoms in total. The molecule has 8 heteroatoms. The van der Waals surface area contributed by atoms with E-state index in [0.29, 0.717) is 13.0 Å². The maximum absolute atomic E-state index is 12.9. The van der Waals surface area contributed by atoms with Crippen molar-refractivity contribution in [2.24, 2.45) is 0 Å². The van der Waals surface area contributed by atoms with Gasteiger partial charge in [0.15, 0.2) is 9.84 Å². The van der Waals surface area contributed by atoms with Gasteiger partial charge >= 0.3 is 0 Å². The number of carbonyl (C=O) groups is 1. The molecule has 0 N–H and O–H groups in total. The largest absolute Gasteiger partial charge is 0.492 e. The minimum Gasteiger partial charge on any atom is -0.492 e. The van der Waals surface area contributed by atoms with Crippen molar-refractivity contribution in [2.75, 3.05) is 56.2 Å². The van der Waals surface area contributed by atoms with E-state index < -0.39 is 9.84 Å². The molecule has 0 aromatic heterocycles. The highest BCUT2D eigenvalue weighted by molar-refractivity contribution is 7.91. The van der Waals surface area contributed by atoms with E-state index in [9.17, 15) is 13.2 Å². The molecule has 2 aliphatic heterocycles. The Balaban J connectivity index is 1.58. The van der Waals surface area contributed by atoms with Gasteiger partial charge in [-0.3, -0.25) is 9.69 Å². The zero-order valence-electron chi connectivity index (χ0n) is 17.0. The predicted octanol–water partition coefficient (Wildman–Crippen LogP) is 1.24. The second-order valence-corrected chi connectivity index (χ2v) is 9.83. The average Bonchev–Trinajstić information content (AvgIpc) is 3.07. The lowest BCUT2D eigenvalue weighted by atomic mass is 10.1. The van der Waals surface area contributed by atoms with Gasteiger partial charge in [-0.15, -0.1) is 0 Å². The number of rotatable bonds is 6. The number of piperazine rings is 1. The molecule has 0 radical (unpaired) electrons. The predicted molar refractivity (Wildman–Crippen MR) is 111 cm³/mol. The van der Waals surface area contributed by atoms with Crippen molar-refractivity contribution in [3.63, 3.8) is 0 Å². The van der Waals surface area contributed by atoms with E-state index >= 15 is 0 Å². The number of amides is 1. The highest BCUT2D eigenvalue weighted by Gasteiger charge is 2.36. The molecule has 2 heterocycles. The summed E-state index contributed by atoms with van der Waals surface area (Å²) in [6, 6.07) is 7.61.